The predicted octanol–water partition coefficient (Wildman–Crippen LogP) is 8.35. The topological polar surface area (TPSA) is 9.23 Å². The Morgan fingerprint density at radius 3 is 2.06 bits per heavy atom. The summed E-state index contributed by atoms with van der Waals surface area (Å²) >= 11 is 0. The third kappa shape index (κ3) is 6.48. The highest BCUT2D eigenvalue weighted by Crippen LogP contribution is 2.35. The van der Waals surface area contributed by atoms with Crippen molar-refractivity contribution in [1.82, 2.24) is 0 Å². The van der Waals surface area contributed by atoms with Gasteiger partial charge in [-0.1, -0.05) is 81.4 Å². The number of ether oxygens (including phenoxy) is 1. The molecule has 0 fully saturated rings. The Morgan fingerprint density at radius 2 is 1.45 bits per heavy atom. The Labute approximate surface area is 182 Å². The van der Waals surface area contributed by atoms with E-state index in [9.17, 15) is 13.2 Å². The third-order valence-electron chi connectivity index (χ3n) is 5.03. The second-order valence-electron chi connectivity index (χ2n) is 8.54. The number of para-hydroxylation sites is 1. The van der Waals surface area contributed by atoms with Gasteiger partial charge in [0.05, 0.1) is 5.57 Å². The Bertz CT molecular complexity index is 1010. The molecule has 0 aliphatic heterocycles. The van der Waals surface area contributed by atoms with Crippen LogP contribution in [0.3, 0.4) is 0 Å². The normalized spacial score (nSPS) is 12.6. The van der Waals surface area contributed by atoms with E-state index in [1.807, 2.05) is 75.4 Å². The van der Waals surface area contributed by atoms with Crippen LogP contribution in [0.2, 0.25) is 0 Å². The van der Waals surface area contributed by atoms with E-state index >= 15 is 0 Å². The lowest BCUT2D eigenvalue weighted by atomic mass is 9.86. The summed E-state index contributed by atoms with van der Waals surface area (Å²) in [5.41, 5.74) is 1.43. The average Bonchev–Trinajstić information content (AvgIpc) is 2.71. The standard InChI is InChI=1S/C27H27F3O/c1-26(2,3)22-17-15-21(16-18-22)25(27(28,29)30)14-8-10-20-9-7-13-24(19-20)31-23-11-5-4-6-12-23/h4-7,9,11-19H,8,10H2,1-3H3. The van der Waals surface area contributed by atoms with Gasteiger partial charge >= 0.3 is 6.18 Å². The van der Waals surface area contributed by atoms with Gasteiger partial charge in [-0.05, 0) is 59.2 Å². The number of aryl methyl sites for hydroxylation is 1. The summed E-state index contributed by atoms with van der Waals surface area (Å²) in [4.78, 5) is 0. The van der Waals surface area contributed by atoms with Crippen molar-refractivity contribution in [3.05, 3.63) is 102 Å². The molecule has 0 bridgehead atoms. The number of alkyl halides is 3. The summed E-state index contributed by atoms with van der Waals surface area (Å²) in [5.74, 6) is 1.39. The molecule has 162 valence electrons. The molecule has 31 heavy (non-hydrogen) atoms. The van der Waals surface area contributed by atoms with Crippen molar-refractivity contribution in [1.29, 1.82) is 0 Å². The number of halogens is 3. The molecule has 3 aromatic carbocycles. The van der Waals surface area contributed by atoms with E-state index in [4.69, 9.17) is 4.74 Å². The first-order valence-corrected chi connectivity index (χ1v) is 10.3. The van der Waals surface area contributed by atoms with E-state index in [-0.39, 0.29) is 17.4 Å². The van der Waals surface area contributed by atoms with Crippen LogP contribution in [-0.4, -0.2) is 6.18 Å². The van der Waals surface area contributed by atoms with Gasteiger partial charge in [0.15, 0.2) is 0 Å². The van der Waals surface area contributed by atoms with Gasteiger partial charge in [-0.25, -0.2) is 0 Å². The molecular formula is C27H27F3O. The molecule has 0 unspecified atom stereocenters. The minimum atomic E-state index is -4.40. The van der Waals surface area contributed by atoms with Gasteiger partial charge in [0.2, 0.25) is 0 Å². The highest BCUT2D eigenvalue weighted by atomic mass is 19.4. The lowest BCUT2D eigenvalue weighted by Crippen LogP contribution is -2.13. The van der Waals surface area contributed by atoms with Crippen molar-refractivity contribution in [2.24, 2.45) is 0 Å². The molecule has 0 heterocycles. The molecular weight excluding hydrogens is 397 g/mol. The molecule has 0 amide bonds. The van der Waals surface area contributed by atoms with Gasteiger partial charge in [0.25, 0.3) is 0 Å². The number of allylic oxidation sites excluding steroid dienone is 2. The molecule has 0 aromatic heterocycles. The summed E-state index contributed by atoms with van der Waals surface area (Å²) in [6, 6.07) is 23.5. The van der Waals surface area contributed by atoms with Crippen molar-refractivity contribution >= 4 is 5.57 Å². The van der Waals surface area contributed by atoms with Gasteiger partial charge in [0.1, 0.15) is 11.5 Å². The highest BCUT2D eigenvalue weighted by Gasteiger charge is 2.34. The molecule has 0 saturated heterocycles. The first-order chi connectivity index (χ1) is 14.6. The fraction of sp³-hybridized carbons (Fsp3) is 0.259. The Balaban J connectivity index is 1.73. The van der Waals surface area contributed by atoms with Gasteiger partial charge in [-0.3, -0.25) is 0 Å². The Morgan fingerprint density at radius 1 is 0.806 bits per heavy atom. The monoisotopic (exact) mass is 424 g/mol. The molecule has 0 saturated carbocycles. The Kier molecular flexibility index (Phi) is 6.89. The van der Waals surface area contributed by atoms with E-state index in [0.717, 1.165) is 16.9 Å². The van der Waals surface area contributed by atoms with Crippen LogP contribution in [0.1, 0.15) is 43.9 Å². The van der Waals surface area contributed by atoms with E-state index in [0.29, 0.717) is 12.2 Å². The molecule has 0 atom stereocenters. The molecule has 0 aliphatic carbocycles. The van der Waals surface area contributed by atoms with E-state index < -0.39 is 11.7 Å². The summed E-state index contributed by atoms with van der Waals surface area (Å²) in [7, 11) is 0. The number of benzene rings is 3. The molecule has 3 aromatic rings. The van der Waals surface area contributed by atoms with Crippen LogP contribution in [0.25, 0.3) is 5.57 Å². The average molecular weight is 425 g/mol. The maximum Gasteiger partial charge on any atom is 0.416 e. The van der Waals surface area contributed by atoms with Crippen LogP contribution < -0.4 is 4.74 Å². The molecule has 0 spiro atoms. The summed E-state index contributed by atoms with van der Waals surface area (Å²) in [6.45, 7) is 6.12. The molecule has 0 radical (unpaired) electrons. The van der Waals surface area contributed by atoms with Gasteiger partial charge in [-0.2, -0.15) is 13.2 Å². The van der Waals surface area contributed by atoms with Gasteiger partial charge in [-0.15, -0.1) is 0 Å². The fourth-order valence-corrected chi connectivity index (χ4v) is 3.32. The fourth-order valence-electron chi connectivity index (χ4n) is 3.32. The lowest BCUT2D eigenvalue weighted by molar-refractivity contribution is -0.0690. The summed E-state index contributed by atoms with van der Waals surface area (Å²) < 4.78 is 46.9. The zero-order valence-electron chi connectivity index (χ0n) is 18.0. The lowest BCUT2D eigenvalue weighted by Gasteiger charge is -2.20. The SMILES string of the molecule is CC(C)(C)c1ccc(C(=CCCc2cccc(Oc3ccccc3)c2)C(F)(F)F)cc1. The smallest absolute Gasteiger partial charge is 0.416 e. The summed E-state index contributed by atoms with van der Waals surface area (Å²) in [5, 5.41) is 0. The summed E-state index contributed by atoms with van der Waals surface area (Å²) in [6.07, 6.45) is -2.34. The molecule has 3 rings (SSSR count). The van der Waals surface area contributed by atoms with Crippen molar-refractivity contribution in [3.63, 3.8) is 0 Å². The van der Waals surface area contributed by atoms with Crippen LogP contribution in [0.4, 0.5) is 13.2 Å². The highest BCUT2D eigenvalue weighted by molar-refractivity contribution is 5.69. The molecule has 4 heteroatoms. The number of rotatable bonds is 6. The van der Waals surface area contributed by atoms with Crippen LogP contribution in [0, 0.1) is 0 Å². The van der Waals surface area contributed by atoms with E-state index in [1.165, 1.54) is 6.08 Å². The molecule has 1 nitrogen and oxygen atoms in total. The minimum absolute atomic E-state index is 0.104. The van der Waals surface area contributed by atoms with Gasteiger partial charge in [0, 0.05) is 0 Å². The van der Waals surface area contributed by atoms with Crippen LogP contribution >= 0.6 is 0 Å². The second kappa shape index (κ2) is 9.42. The van der Waals surface area contributed by atoms with E-state index in [1.54, 1.807) is 24.3 Å². The quantitative estimate of drug-likeness (QED) is 0.386. The van der Waals surface area contributed by atoms with E-state index in [2.05, 4.69) is 0 Å². The maximum atomic E-state index is 13.7. The van der Waals surface area contributed by atoms with Crippen molar-refractivity contribution in [3.8, 4) is 11.5 Å². The zero-order valence-corrected chi connectivity index (χ0v) is 18.0. The first-order valence-electron chi connectivity index (χ1n) is 10.3. The maximum absolute atomic E-state index is 13.7. The third-order valence-corrected chi connectivity index (χ3v) is 5.03. The van der Waals surface area contributed by atoms with Crippen LogP contribution in [0.5, 0.6) is 11.5 Å². The zero-order chi connectivity index (χ0) is 22.5. The number of hydrogen-bond acceptors (Lipinski definition) is 1. The first kappa shape index (κ1) is 22.7. The Hall–Kier alpha value is -3.01. The van der Waals surface area contributed by atoms with Crippen molar-refractivity contribution in [2.45, 2.75) is 45.2 Å². The van der Waals surface area contributed by atoms with Crippen LogP contribution in [-0.2, 0) is 11.8 Å². The number of hydrogen-bond donors (Lipinski definition) is 0. The molecule has 0 N–H and O–H groups in total. The molecule has 0 aliphatic rings. The largest absolute Gasteiger partial charge is 0.457 e. The van der Waals surface area contributed by atoms with Crippen LogP contribution in [0.15, 0.2) is 84.9 Å². The predicted molar refractivity (Wildman–Crippen MR) is 120 cm³/mol. The minimum Gasteiger partial charge on any atom is -0.457 e. The van der Waals surface area contributed by atoms with Gasteiger partial charge < -0.3 is 4.74 Å². The van der Waals surface area contributed by atoms with Crippen molar-refractivity contribution in [2.75, 3.05) is 0 Å². The second-order valence-corrected chi connectivity index (χ2v) is 8.54. The van der Waals surface area contributed by atoms with Crippen molar-refractivity contribution < 1.29 is 17.9 Å².